The number of hydrogen-bond acceptors (Lipinski definition) is 4. The number of nitrogens with one attached hydrogen (secondary N) is 1. The number of fused-ring (bicyclic) bond motifs is 1. The fraction of sp³-hybridized carbons (Fsp3) is 0. The molecule has 21 heavy (non-hydrogen) atoms. The van der Waals surface area contributed by atoms with Crippen molar-refractivity contribution in [2.24, 2.45) is 0 Å². The largest absolute Gasteiger partial charge is 0.477 e. The second-order valence-corrected chi connectivity index (χ2v) is 4.00. The first-order chi connectivity index (χ1) is 9.88. The fourth-order valence-electron chi connectivity index (χ4n) is 1.57. The summed E-state index contributed by atoms with van der Waals surface area (Å²) in [7, 11) is 0. The maximum Gasteiger partial charge on any atom is 0.344 e. The first kappa shape index (κ1) is 14.4. The molecule has 0 bridgehead atoms. The second-order valence-electron chi connectivity index (χ2n) is 4.00. The van der Waals surface area contributed by atoms with Gasteiger partial charge in [0.25, 0.3) is 0 Å². The Morgan fingerprint density at radius 1 is 1.10 bits per heavy atom. The Balaban J connectivity index is 2.35. The molecule has 0 atom stereocenters. The van der Waals surface area contributed by atoms with Crippen LogP contribution in [0, 0.1) is 11.6 Å². The topological polar surface area (TPSA) is 99.5 Å². The van der Waals surface area contributed by atoms with Gasteiger partial charge in [0.05, 0.1) is 17.4 Å². The quantitative estimate of drug-likeness (QED) is 0.453. The van der Waals surface area contributed by atoms with Gasteiger partial charge in [-0.05, 0) is 12.1 Å². The van der Waals surface area contributed by atoms with Crippen LogP contribution in [-0.4, -0.2) is 27.1 Å². The van der Waals surface area contributed by atoms with E-state index in [0.29, 0.717) is 0 Å². The van der Waals surface area contributed by atoms with Gasteiger partial charge >= 0.3 is 11.9 Å². The molecule has 3 N–H and O–H groups in total. The molecule has 0 aliphatic rings. The average molecular weight is 294 g/mol. The average Bonchev–Trinajstić information content (AvgIpc) is 2.39. The third-order valence-electron chi connectivity index (χ3n) is 2.57. The highest BCUT2D eigenvalue weighted by Gasteiger charge is 2.15. The van der Waals surface area contributed by atoms with E-state index in [1.54, 1.807) is 0 Å². The highest BCUT2D eigenvalue weighted by molar-refractivity contribution is 6.12. The van der Waals surface area contributed by atoms with Gasteiger partial charge in [-0.3, -0.25) is 4.98 Å². The van der Waals surface area contributed by atoms with E-state index in [1.807, 2.05) is 0 Å². The fourth-order valence-corrected chi connectivity index (χ4v) is 1.57. The second kappa shape index (κ2) is 5.53. The molecule has 0 radical (unpaired) electrons. The summed E-state index contributed by atoms with van der Waals surface area (Å²) in [4.78, 5) is 25.2. The molecule has 8 heteroatoms. The van der Waals surface area contributed by atoms with Gasteiger partial charge in [0.2, 0.25) is 0 Å². The van der Waals surface area contributed by atoms with Gasteiger partial charge in [0, 0.05) is 17.7 Å². The van der Waals surface area contributed by atoms with Crippen molar-refractivity contribution in [2.75, 3.05) is 5.32 Å². The molecule has 2 aromatic rings. The maximum absolute atomic E-state index is 13.1. The molecule has 108 valence electrons. The summed E-state index contributed by atoms with van der Waals surface area (Å²) < 4.78 is 26.1. The molecule has 0 fully saturated rings. The Morgan fingerprint density at radius 2 is 1.71 bits per heavy atom. The normalized spacial score (nSPS) is 10.2. The number of rotatable bonds is 4. The molecule has 0 aliphatic heterocycles. The molecule has 2 rings (SSSR count). The van der Waals surface area contributed by atoms with Crippen LogP contribution in [0.3, 0.4) is 0 Å². The van der Waals surface area contributed by atoms with E-state index in [9.17, 15) is 18.4 Å². The molecule has 1 heterocycles. The minimum atomic E-state index is -1.61. The predicted octanol–water partition coefficient (Wildman–Crippen LogP) is 1.98. The molecule has 0 spiro atoms. The molecule has 0 saturated carbocycles. The Morgan fingerprint density at radius 3 is 2.33 bits per heavy atom. The maximum atomic E-state index is 13.1. The number of anilines is 1. The summed E-state index contributed by atoms with van der Waals surface area (Å²) in [6.07, 6.45) is 2.00. The number of pyridine rings is 1. The number of aliphatic carboxylic acids is 2. The van der Waals surface area contributed by atoms with Crippen molar-refractivity contribution < 1.29 is 28.6 Å². The number of nitrogens with zero attached hydrogens (tertiary/aromatic N) is 1. The van der Waals surface area contributed by atoms with Gasteiger partial charge in [-0.2, -0.15) is 0 Å². The number of halogens is 2. The van der Waals surface area contributed by atoms with E-state index < -0.39 is 29.1 Å². The zero-order chi connectivity index (χ0) is 15.6. The van der Waals surface area contributed by atoms with Crippen molar-refractivity contribution in [1.29, 1.82) is 0 Å². The van der Waals surface area contributed by atoms with Crippen LogP contribution in [0.2, 0.25) is 0 Å². The number of carboxylic acids is 2. The number of carbonyl (C=O) groups is 2. The summed E-state index contributed by atoms with van der Waals surface area (Å²) >= 11 is 0. The van der Waals surface area contributed by atoms with Crippen LogP contribution < -0.4 is 5.32 Å². The van der Waals surface area contributed by atoms with Gasteiger partial charge in [-0.25, -0.2) is 18.4 Å². The number of benzene rings is 1. The van der Waals surface area contributed by atoms with E-state index in [-0.39, 0.29) is 16.6 Å². The zero-order valence-electron chi connectivity index (χ0n) is 10.3. The van der Waals surface area contributed by atoms with Crippen molar-refractivity contribution in [3.8, 4) is 0 Å². The first-order valence-corrected chi connectivity index (χ1v) is 5.56. The predicted molar refractivity (Wildman–Crippen MR) is 68.6 cm³/mol. The SMILES string of the molecule is O=C(O)C(=CNc1cnc2cc(F)c(F)cc2c1)C(=O)O. The van der Waals surface area contributed by atoms with Gasteiger partial charge in [0.15, 0.2) is 17.2 Å². The highest BCUT2D eigenvalue weighted by Crippen LogP contribution is 2.20. The summed E-state index contributed by atoms with van der Waals surface area (Å²) in [6.45, 7) is 0. The van der Waals surface area contributed by atoms with Crippen LogP contribution in [0.1, 0.15) is 0 Å². The minimum absolute atomic E-state index is 0.208. The Labute approximate surface area is 116 Å². The standard InChI is InChI=1S/C13H8F2N2O4/c14-9-2-6-1-7(4-17-11(6)3-10(9)15)16-5-8(12(18)19)13(20)21/h1-5,16H,(H,18,19)(H,20,21). The summed E-state index contributed by atoms with van der Waals surface area (Å²) in [5, 5.41) is 20.0. The lowest BCUT2D eigenvalue weighted by molar-refractivity contribution is -0.140. The van der Waals surface area contributed by atoms with E-state index in [1.165, 1.54) is 12.3 Å². The lowest BCUT2D eigenvalue weighted by atomic mass is 10.2. The van der Waals surface area contributed by atoms with Crippen molar-refractivity contribution in [1.82, 2.24) is 4.98 Å². The summed E-state index contributed by atoms with van der Waals surface area (Å²) in [5.41, 5.74) is -0.436. The smallest absolute Gasteiger partial charge is 0.344 e. The van der Waals surface area contributed by atoms with Crippen LogP contribution in [0.5, 0.6) is 0 Å². The molecule has 6 nitrogen and oxygen atoms in total. The van der Waals surface area contributed by atoms with Crippen LogP contribution in [0.4, 0.5) is 14.5 Å². The number of carboxylic acid groups (broad SMARTS) is 2. The van der Waals surface area contributed by atoms with Crippen molar-refractivity contribution in [3.05, 3.63) is 47.8 Å². The minimum Gasteiger partial charge on any atom is -0.477 e. The van der Waals surface area contributed by atoms with Crippen molar-refractivity contribution >= 4 is 28.5 Å². The number of hydrogen-bond donors (Lipinski definition) is 3. The molecule has 1 aromatic heterocycles. The van der Waals surface area contributed by atoms with Crippen LogP contribution in [-0.2, 0) is 9.59 Å². The summed E-state index contributed by atoms with van der Waals surface area (Å²) in [5.74, 6) is -5.31. The molecular weight excluding hydrogens is 286 g/mol. The highest BCUT2D eigenvalue weighted by atomic mass is 19.2. The van der Waals surface area contributed by atoms with Crippen LogP contribution in [0.15, 0.2) is 36.2 Å². The van der Waals surface area contributed by atoms with Crippen molar-refractivity contribution in [2.45, 2.75) is 0 Å². The van der Waals surface area contributed by atoms with Gasteiger partial charge < -0.3 is 15.5 Å². The zero-order valence-corrected chi connectivity index (χ0v) is 10.3. The van der Waals surface area contributed by atoms with E-state index >= 15 is 0 Å². The van der Waals surface area contributed by atoms with Gasteiger partial charge in [-0.15, -0.1) is 0 Å². The third-order valence-corrected chi connectivity index (χ3v) is 2.57. The monoisotopic (exact) mass is 294 g/mol. The molecule has 0 unspecified atom stereocenters. The lowest BCUT2D eigenvalue weighted by Gasteiger charge is -2.04. The molecular formula is C13H8F2N2O4. The van der Waals surface area contributed by atoms with E-state index in [0.717, 1.165) is 18.3 Å². The van der Waals surface area contributed by atoms with Crippen LogP contribution >= 0.6 is 0 Å². The van der Waals surface area contributed by atoms with Crippen LogP contribution in [0.25, 0.3) is 10.9 Å². The van der Waals surface area contributed by atoms with Gasteiger partial charge in [0.1, 0.15) is 0 Å². The Kier molecular flexibility index (Phi) is 3.79. The first-order valence-electron chi connectivity index (χ1n) is 5.56. The summed E-state index contributed by atoms with van der Waals surface area (Å²) in [6, 6.07) is 3.23. The molecule has 1 aromatic carbocycles. The van der Waals surface area contributed by atoms with E-state index in [4.69, 9.17) is 10.2 Å². The Hall–Kier alpha value is -3.03. The number of aromatic nitrogens is 1. The lowest BCUT2D eigenvalue weighted by Crippen LogP contribution is -2.12. The van der Waals surface area contributed by atoms with Crippen molar-refractivity contribution in [3.63, 3.8) is 0 Å². The molecule has 0 saturated heterocycles. The third kappa shape index (κ3) is 3.11. The van der Waals surface area contributed by atoms with Gasteiger partial charge in [-0.1, -0.05) is 0 Å². The molecule has 0 aliphatic carbocycles. The van der Waals surface area contributed by atoms with E-state index in [2.05, 4.69) is 10.3 Å². The Bertz CT molecular complexity index is 758. The molecule has 0 amide bonds.